The molecule has 2 amide bonds. The van der Waals surface area contributed by atoms with Gasteiger partial charge in [-0.05, 0) is 38.0 Å². The number of likely N-dealkylation sites (tertiary alicyclic amines) is 1. The number of benzene rings is 1. The van der Waals surface area contributed by atoms with Crippen LogP contribution in [0.3, 0.4) is 0 Å². The van der Waals surface area contributed by atoms with Crippen molar-refractivity contribution in [3.05, 3.63) is 69.4 Å². The third-order valence-electron chi connectivity index (χ3n) is 5.10. The smallest absolute Gasteiger partial charge is 0.274 e. The SMILES string of the molecule is Cc1cn2nc(C(=O)N3CCC(NC(=O)c4cc(F)ccc4F)CC3)cc2c(=O)[nH]1. The molecule has 0 bridgehead atoms. The van der Waals surface area contributed by atoms with Gasteiger partial charge in [-0.2, -0.15) is 5.10 Å². The third kappa shape index (κ3) is 3.80. The molecule has 8 nitrogen and oxygen atoms in total. The number of H-pyrrole nitrogens is 1. The molecule has 0 saturated carbocycles. The molecule has 1 aliphatic rings. The van der Waals surface area contributed by atoms with E-state index in [0.29, 0.717) is 31.6 Å². The molecule has 0 aliphatic carbocycles. The van der Waals surface area contributed by atoms with Crippen LogP contribution >= 0.6 is 0 Å². The molecule has 1 aliphatic heterocycles. The van der Waals surface area contributed by atoms with E-state index in [1.54, 1.807) is 18.0 Å². The second kappa shape index (κ2) is 7.69. The number of hydrogen-bond acceptors (Lipinski definition) is 4. The molecule has 0 radical (unpaired) electrons. The second-order valence-electron chi connectivity index (χ2n) is 7.29. The summed E-state index contributed by atoms with van der Waals surface area (Å²) in [5.74, 6) is -2.48. The molecule has 4 rings (SSSR count). The van der Waals surface area contributed by atoms with E-state index in [2.05, 4.69) is 15.4 Å². The Hall–Kier alpha value is -3.56. The van der Waals surface area contributed by atoms with Gasteiger partial charge < -0.3 is 15.2 Å². The Balaban J connectivity index is 1.40. The maximum atomic E-state index is 13.8. The molecule has 3 aromatic rings. The highest BCUT2D eigenvalue weighted by Gasteiger charge is 2.27. The van der Waals surface area contributed by atoms with Crippen molar-refractivity contribution >= 4 is 17.3 Å². The summed E-state index contributed by atoms with van der Waals surface area (Å²) < 4.78 is 28.4. The van der Waals surface area contributed by atoms with Crippen molar-refractivity contribution in [2.45, 2.75) is 25.8 Å². The summed E-state index contributed by atoms with van der Waals surface area (Å²) in [4.78, 5) is 41.2. The highest BCUT2D eigenvalue weighted by atomic mass is 19.1. The van der Waals surface area contributed by atoms with Gasteiger partial charge in [0, 0.05) is 37.1 Å². The normalized spacial score (nSPS) is 14.8. The van der Waals surface area contributed by atoms with Crippen LogP contribution in [0, 0.1) is 18.6 Å². The van der Waals surface area contributed by atoms with Crippen LogP contribution in [0.1, 0.15) is 39.4 Å². The summed E-state index contributed by atoms with van der Waals surface area (Å²) in [5.41, 5.74) is 0.394. The van der Waals surface area contributed by atoms with Gasteiger partial charge in [0.15, 0.2) is 5.69 Å². The summed E-state index contributed by atoms with van der Waals surface area (Å²) in [6.45, 7) is 2.44. The van der Waals surface area contributed by atoms with Crippen LogP contribution in [0.25, 0.3) is 5.52 Å². The molecule has 1 saturated heterocycles. The fraction of sp³-hybridized carbons (Fsp3) is 0.300. The zero-order valence-electron chi connectivity index (χ0n) is 16.1. The van der Waals surface area contributed by atoms with Crippen molar-refractivity contribution in [1.29, 1.82) is 0 Å². The van der Waals surface area contributed by atoms with Crippen LogP contribution in [0.4, 0.5) is 8.78 Å². The average molecular weight is 415 g/mol. The lowest BCUT2D eigenvalue weighted by Crippen LogP contribution is -2.46. The first-order valence-electron chi connectivity index (χ1n) is 9.46. The van der Waals surface area contributed by atoms with Gasteiger partial charge in [0.2, 0.25) is 0 Å². The van der Waals surface area contributed by atoms with Gasteiger partial charge in [0.25, 0.3) is 17.4 Å². The standard InChI is InChI=1S/C20H19F2N5O3/c1-11-10-27-17(19(29)23-11)9-16(25-27)20(30)26-6-4-13(5-7-26)24-18(28)14-8-12(21)2-3-15(14)22/h2-3,8-10,13H,4-7H2,1H3,(H,23,29)(H,24,28). The Bertz CT molecular complexity index is 1190. The van der Waals surface area contributed by atoms with Gasteiger partial charge in [-0.3, -0.25) is 14.4 Å². The lowest BCUT2D eigenvalue weighted by molar-refractivity contribution is 0.0691. The summed E-state index contributed by atoms with van der Waals surface area (Å²) in [5, 5.41) is 6.88. The number of amides is 2. The number of piperidine rings is 1. The van der Waals surface area contributed by atoms with E-state index in [1.165, 1.54) is 10.6 Å². The number of carbonyl (C=O) groups excluding carboxylic acids is 2. The van der Waals surface area contributed by atoms with E-state index in [9.17, 15) is 23.2 Å². The van der Waals surface area contributed by atoms with Gasteiger partial charge in [0.05, 0.1) is 5.56 Å². The molecule has 0 atom stereocenters. The molecule has 10 heteroatoms. The summed E-state index contributed by atoms with van der Waals surface area (Å²) in [7, 11) is 0. The fourth-order valence-electron chi connectivity index (χ4n) is 3.55. The largest absolute Gasteiger partial charge is 0.349 e. The van der Waals surface area contributed by atoms with E-state index >= 15 is 0 Å². The maximum Gasteiger partial charge on any atom is 0.274 e. The van der Waals surface area contributed by atoms with Gasteiger partial charge >= 0.3 is 0 Å². The van der Waals surface area contributed by atoms with Crippen LogP contribution in [0.5, 0.6) is 0 Å². The minimum Gasteiger partial charge on any atom is -0.349 e. The van der Waals surface area contributed by atoms with Gasteiger partial charge in [-0.25, -0.2) is 13.3 Å². The third-order valence-corrected chi connectivity index (χ3v) is 5.10. The molecule has 2 aromatic heterocycles. The predicted octanol–water partition coefficient (Wildman–Crippen LogP) is 1.64. The van der Waals surface area contributed by atoms with E-state index in [-0.39, 0.29) is 34.3 Å². The number of carbonyl (C=O) groups is 2. The molecule has 156 valence electrons. The number of hydrogen-bond donors (Lipinski definition) is 2. The number of fused-ring (bicyclic) bond motifs is 1. The zero-order valence-corrected chi connectivity index (χ0v) is 16.1. The highest BCUT2D eigenvalue weighted by Crippen LogP contribution is 2.16. The van der Waals surface area contributed by atoms with Crippen LogP contribution < -0.4 is 10.9 Å². The molecule has 2 N–H and O–H groups in total. The van der Waals surface area contributed by atoms with E-state index in [1.807, 2.05) is 0 Å². The first-order chi connectivity index (χ1) is 14.3. The number of nitrogens with one attached hydrogen (secondary N) is 2. The lowest BCUT2D eigenvalue weighted by atomic mass is 10.0. The highest BCUT2D eigenvalue weighted by molar-refractivity contribution is 5.95. The van der Waals surface area contributed by atoms with Crippen LogP contribution in [-0.4, -0.2) is 50.4 Å². The predicted molar refractivity (Wildman–Crippen MR) is 103 cm³/mol. The Kier molecular flexibility index (Phi) is 5.06. The monoisotopic (exact) mass is 415 g/mol. The van der Waals surface area contributed by atoms with Crippen LogP contribution in [0.15, 0.2) is 35.3 Å². The van der Waals surface area contributed by atoms with E-state index in [4.69, 9.17) is 0 Å². The Morgan fingerprint density at radius 3 is 2.67 bits per heavy atom. The number of rotatable bonds is 3. The fourth-order valence-corrected chi connectivity index (χ4v) is 3.55. The van der Waals surface area contributed by atoms with Crippen molar-refractivity contribution < 1.29 is 18.4 Å². The molecule has 3 heterocycles. The van der Waals surface area contributed by atoms with Crippen molar-refractivity contribution in [3.63, 3.8) is 0 Å². The Labute approximate surface area is 169 Å². The average Bonchev–Trinajstić information content (AvgIpc) is 3.14. The number of aromatic amines is 1. The zero-order chi connectivity index (χ0) is 21.4. The molecule has 30 heavy (non-hydrogen) atoms. The number of nitrogens with zero attached hydrogens (tertiary/aromatic N) is 3. The van der Waals surface area contributed by atoms with E-state index < -0.39 is 17.5 Å². The molecule has 1 aromatic carbocycles. The molecule has 0 unspecified atom stereocenters. The first-order valence-corrected chi connectivity index (χ1v) is 9.46. The van der Waals surface area contributed by atoms with Crippen molar-refractivity contribution in [3.8, 4) is 0 Å². The molecular weight excluding hydrogens is 396 g/mol. The summed E-state index contributed by atoms with van der Waals surface area (Å²) in [6.07, 6.45) is 2.55. The summed E-state index contributed by atoms with van der Waals surface area (Å²) >= 11 is 0. The Morgan fingerprint density at radius 1 is 1.20 bits per heavy atom. The van der Waals surface area contributed by atoms with Gasteiger partial charge in [-0.1, -0.05) is 0 Å². The Morgan fingerprint density at radius 2 is 1.93 bits per heavy atom. The minimum absolute atomic E-state index is 0.162. The topological polar surface area (TPSA) is 99.6 Å². The van der Waals surface area contributed by atoms with Crippen molar-refractivity contribution in [2.75, 3.05) is 13.1 Å². The van der Waals surface area contributed by atoms with Gasteiger partial charge in [0.1, 0.15) is 17.2 Å². The van der Waals surface area contributed by atoms with Crippen LogP contribution in [-0.2, 0) is 0 Å². The second-order valence-corrected chi connectivity index (χ2v) is 7.29. The van der Waals surface area contributed by atoms with E-state index in [0.717, 1.165) is 18.2 Å². The van der Waals surface area contributed by atoms with Crippen molar-refractivity contribution in [2.24, 2.45) is 0 Å². The number of aromatic nitrogens is 3. The van der Waals surface area contributed by atoms with Crippen molar-refractivity contribution in [1.82, 2.24) is 24.8 Å². The molecular formula is C20H19F2N5O3. The number of aryl methyl sites for hydroxylation is 1. The van der Waals surface area contributed by atoms with Gasteiger partial charge in [-0.15, -0.1) is 0 Å². The quantitative estimate of drug-likeness (QED) is 0.679. The first kappa shape index (κ1) is 19.7. The summed E-state index contributed by atoms with van der Waals surface area (Å²) in [6, 6.07) is 3.89. The molecule has 0 spiro atoms. The molecule has 1 fully saturated rings. The minimum atomic E-state index is -0.793. The number of halogens is 2. The maximum absolute atomic E-state index is 13.8. The van der Waals surface area contributed by atoms with Crippen LogP contribution in [0.2, 0.25) is 0 Å². The lowest BCUT2D eigenvalue weighted by Gasteiger charge is -2.32.